The second-order valence-electron chi connectivity index (χ2n) is 5.40. The third-order valence-electron chi connectivity index (χ3n) is 3.67. The molecule has 24 heavy (non-hydrogen) atoms. The van der Waals surface area contributed by atoms with E-state index in [1.807, 2.05) is 6.07 Å². The highest BCUT2D eigenvalue weighted by Crippen LogP contribution is 2.28. The van der Waals surface area contributed by atoms with Gasteiger partial charge in [0.15, 0.2) is 9.84 Å². The first-order chi connectivity index (χ1) is 11.5. The quantitative estimate of drug-likeness (QED) is 0.612. The van der Waals surface area contributed by atoms with Crippen molar-refractivity contribution in [1.82, 2.24) is 15.3 Å². The first kappa shape index (κ1) is 14.6. The van der Waals surface area contributed by atoms with Crippen molar-refractivity contribution in [2.45, 2.75) is 4.90 Å². The van der Waals surface area contributed by atoms with E-state index in [-0.39, 0.29) is 4.90 Å². The number of nitrogens with one attached hydrogen (secondary N) is 1. The number of hydrogen-bond acceptors (Lipinski definition) is 7. The number of pyridine rings is 1. The molecule has 0 aliphatic carbocycles. The van der Waals surface area contributed by atoms with Gasteiger partial charge < -0.3 is 5.32 Å². The summed E-state index contributed by atoms with van der Waals surface area (Å²) in [5, 5.41) is 11.6. The molecule has 0 spiro atoms. The van der Waals surface area contributed by atoms with E-state index < -0.39 is 9.84 Å². The fourth-order valence-electron chi connectivity index (χ4n) is 2.48. The van der Waals surface area contributed by atoms with Crippen LogP contribution in [0.2, 0.25) is 0 Å². The van der Waals surface area contributed by atoms with Crippen molar-refractivity contribution in [2.24, 2.45) is 0 Å². The minimum Gasteiger partial charge on any atom is -0.355 e. The predicted octanol–water partition coefficient (Wildman–Crippen LogP) is 2.92. The molecule has 7 nitrogen and oxygen atoms in total. The molecule has 0 atom stereocenters. The Kier molecular flexibility index (Phi) is 3.20. The molecule has 8 heteroatoms. The van der Waals surface area contributed by atoms with Crippen molar-refractivity contribution >= 4 is 43.1 Å². The molecule has 2 heterocycles. The zero-order chi connectivity index (χ0) is 16.7. The van der Waals surface area contributed by atoms with Crippen LogP contribution >= 0.6 is 0 Å². The smallest absolute Gasteiger partial charge is 0.175 e. The van der Waals surface area contributed by atoms with E-state index in [2.05, 4.69) is 25.2 Å². The fraction of sp³-hybridized carbons (Fsp3) is 0.0625. The Morgan fingerprint density at radius 2 is 1.75 bits per heavy atom. The van der Waals surface area contributed by atoms with Gasteiger partial charge in [-0.25, -0.2) is 13.0 Å². The first-order valence-electron chi connectivity index (χ1n) is 7.09. The lowest BCUT2D eigenvalue weighted by Crippen LogP contribution is -1.98. The lowest BCUT2D eigenvalue weighted by atomic mass is 10.1. The summed E-state index contributed by atoms with van der Waals surface area (Å²) in [6.07, 6.45) is 2.85. The van der Waals surface area contributed by atoms with Gasteiger partial charge in [0.1, 0.15) is 11.0 Å². The van der Waals surface area contributed by atoms with Crippen molar-refractivity contribution in [3.05, 3.63) is 48.7 Å². The lowest BCUT2D eigenvalue weighted by Gasteiger charge is -2.10. The van der Waals surface area contributed by atoms with Crippen LogP contribution in [0.15, 0.2) is 58.2 Å². The molecular weight excluding hydrogens is 328 g/mol. The topological polar surface area (TPSA) is 98.0 Å². The highest BCUT2D eigenvalue weighted by atomic mass is 32.2. The predicted molar refractivity (Wildman–Crippen MR) is 89.9 cm³/mol. The number of hydrogen-bond donors (Lipinski definition) is 1. The van der Waals surface area contributed by atoms with Gasteiger partial charge in [0.25, 0.3) is 0 Å². The highest BCUT2D eigenvalue weighted by Gasteiger charge is 2.11. The normalized spacial score (nSPS) is 11.9. The maximum atomic E-state index is 11.8. The highest BCUT2D eigenvalue weighted by molar-refractivity contribution is 7.90. The Morgan fingerprint density at radius 3 is 2.58 bits per heavy atom. The summed E-state index contributed by atoms with van der Waals surface area (Å²) in [4.78, 5) is 4.53. The van der Waals surface area contributed by atoms with Crippen molar-refractivity contribution in [3.63, 3.8) is 0 Å². The van der Waals surface area contributed by atoms with Crippen molar-refractivity contribution in [2.75, 3.05) is 11.6 Å². The summed E-state index contributed by atoms with van der Waals surface area (Å²) in [5.74, 6) is 0. The van der Waals surface area contributed by atoms with E-state index in [9.17, 15) is 8.42 Å². The molecule has 0 fully saturated rings. The van der Waals surface area contributed by atoms with E-state index in [1.165, 1.54) is 6.26 Å². The SMILES string of the molecule is CS(=O)(=O)c1ccc2nccc(Nc3ccc4nonc4c3)c2c1. The molecular formula is C16H12N4O3S. The number of aromatic nitrogens is 3. The van der Waals surface area contributed by atoms with Gasteiger partial charge in [-0.2, -0.15) is 0 Å². The van der Waals surface area contributed by atoms with Crippen LogP contribution in [0, 0.1) is 0 Å². The van der Waals surface area contributed by atoms with Gasteiger partial charge in [-0.3, -0.25) is 4.98 Å². The molecule has 0 saturated heterocycles. The van der Waals surface area contributed by atoms with E-state index >= 15 is 0 Å². The van der Waals surface area contributed by atoms with E-state index in [1.54, 1.807) is 42.6 Å². The third-order valence-corrected chi connectivity index (χ3v) is 4.78. The molecule has 120 valence electrons. The molecule has 0 radical (unpaired) electrons. The van der Waals surface area contributed by atoms with Gasteiger partial charge in [0.05, 0.1) is 10.4 Å². The molecule has 2 aromatic carbocycles. The number of benzene rings is 2. The lowest BCUT2D eigenvalue weighted by molar-refractivity contribution is 0.315. The third kappa shape index (κ3) is 2.56. The van der Waals surface area contributed by atoms with Crippen LogP contribution in [0.25, 0.3) is 21.9 Å². The Balaban J connectivity index is 1.83. The molecule has 2 aromatic heterocycles. The van der Waals surface area contributed by atoms with Crippen LogP contribution < -0.4 is 5.32 Å². The van der Waals surface area contributed by atoms with E-state index in [0.717, 1.165) is 16.8 Å². The summed E-state index contributed by atoms with van der Waals surface area (Å²) >= 11 is 0. The van der Waals surface area contributed by atoms with Crippen molar-refractivity contribution < 1.29 is 13.0 Å². The molecule has 0 amide bonds. The number of rotatable bonds is 3. The Labute approximate surface area is 137 Å². The molecule has 0 aliphatic rings. The van der Waals surface area contributed by atoms with Gasteiger partial charge in [-0.1, -0.05) is 0 Å². The standard InChI is InChI=1S/C16H12N4O3S/c1-24(21,22)11-3-5-13-12(9-11)14(6-7-17-13)18-10-2-4-15-16(8-10)20-23-19-15/h2-9H,1H3,(H,17,18). The van der Waals surface area contributed by atoms with Crippen LogP contribution in [0.3, 0.4) is 0 Å². The summed E-state index contributed by atoms with van der Waals surface area (Å²) in [7, 11) is -3.29. The first-order valence-corrected chi connectivity index (χ1v) is 8.98. The summed E-state index contributed by atoms with van der Waals surface area (Å²) in [5.41, 5.74) is 3.54. The molecule has 0 unspecified atom stereocenters. The van der Waals surface area contributed by atoms with Gasteiger partial charge in [0.2, 0.25) is 0 Å². The maximum Gasteiger partial charge on any atom is 0.175 e. The second kappa shape index (κ2) is 5.27. The van der Waals surface area contributed by atoms with Crippen LogP contribution in [-0.2, 0) is 9.84 Å². The fourth-order valence-corrected chi connectivity index (χ4v) is 3.13. The average Bonchev–Trinajstić information content (AvgIpc) is 3.01. The number of anilines is 2. The molecule has 0 bridgehead atoms. The summed E-state index contributed by atoms with van der Waals surface area (Å²) < 4.78 is 28.3. The number of nitrogens with zero attached hydrogens (tertiary/aromatic N) is 3. The number of fused-ring (bicyclic) bond motifs is 2. The van der Waals surface area contributed by atoms with Crippen LogP contribution in [0.5, 0.6) is 0 Å². The van der Waals surface area contributed by atoms with Crippen LogP contribution in [0.4, 0.5) is 11.4 Å². The zero-order valence-electron chi connectivity index (χ0n) is 12.6. The second-order valence-corrected chi connectivity index (χ2v) is 7.42. The minimum absolute atomic E-state index is 0.252. The Morgan fingerprint density at radius 1 is 0.958 bits per heavy atom. The van der Waals surface area contributed by atoms with Gasteiger partial charge in [-0.15, -0.1) is 0 Å². The van der Waals surface area contributed by atoms with E-state index in [0.29, 0.717) is 16.6 Å². The zero-order valence-corrected chi connectivity index (χ0v) is 13.4. The molecule has 4 aromatic rings. The number of sulfone groups is 1. The van der Waals surface area contributed by atoms with E-state index in [4.69, 9.17) is 0 Å². The van der Waals surface area contributed by atoms with Crippen LogP contribution in [0.1, 0.15) is 0 Å². The van der Waals surface area contributed by atoms with Crippen molar-refractivity contribution in [1.29, 1.82) is 0 Å². The molecule has 4 rings (SSSR count). The molecule has 1 N–H and O–H groups in total. The average molecular weight is 340 g/mol. The Bertz CT molecular complexity index is 1170. The monoisotopic (exact) mass is 340 g/mol. The minimum atomic E-state index is -3.29. The van der Waals surface area contributed by atoms with Crippen LogP contribution in [-0.4, -0.2) is 30.0 Å². The maximum absolute atomic E-state index is 11.8. The largest absolute Gasteiger partial charge is 0.355 e. The Hall–Kier alpha value is -3.00. The molecule has 0 aliphatic heterocycles. The van der Waals surface area contributed by atoms with Crippen molar-refractivity contribution in [3.8, 4) is 0 Å². The summed E-state index contributed by atoms with van der Waals surface area (Å²) in [6.45, 7) is 0. The van der Waals surface area contributed by atoms with Gasteiger partial charge >= 0.3 is 0 Å². The summed E-state index contributed by atoms with van der Waals surface area (Å²) in [6, 6.07) is 12.1. The van der Waals surface area contributed by atoms with Gasteiger partial charge in [-0.05, 0) is 52.8 Å². The van der Waals surface area contributed by atoms with Gasteiger partial charge in [0, 0.05) is 29.2 Å². The molecule has 0 saturated carbocycles.